The Kier molecular flexibility index (Phi) is 4.02. The first-order valence-corrected chi connectivity index (χ1v) is 6.18. The van der Waals surface area contributed by atoms with Gasteiger partial charge in [0.05, 0.1) is 34.2 Å². The molecule has 0 saturated carbocycles. The lowest BCUT2D eigenvalue weighted by Crippen LogP contribution is -2.03. The number of hydrogen-bond donors (Lipinski definition) is 0. The molecule has 0 heterocycles. The van der Waals surface area contributed by atoms with Crippen LogP contribution in [0.3, 0.4) is 0 Å². The summed E-state index contributed by atoms with van der Waals surface area (Å²) < 4.78 is 0. The second-order valence-electron chi connectivity index (χ2n) is 4.08. The molecule has 20 heavy (non-hydrogen) atoms. The topological polar surface area (TPSA) is 71.4 Å². The van der Waals surface area contributed by atoms with Gasteiger partial charge in [0, 0.05) is 0 Å². The standard InChI is InChI=1S/C16H8ClN3/c17-16-7-3-6-13(15(16)10-20)14(9-19)12-5-2-1-4-11(12)8-18/h1-7,14H. The smallest absolute Gasteiger partial charge is 0.101 e. The Morgan fingerprint density at radius 1 is 0.850 bits per heavy atom. The number of nitrogens with zero attached hydrogens (tertiary/aromatic N) is 3. The average molecular weight is 278 g/mol. The van der Waals surface area contributed by atoms with Crippen LogP contribution in [0, 0.1) is 34.0 Å². The predicted octanol–water partition coefficient (Wildman–Crippen LogP) is 3.74. The molecule has 2 aromatic rings. The molecule has 0 saturated heterocycles. The Hall–Kier alpha value is -2.80. The van der Waals surface area contributed by atoms with E-state index in [2.05, 4.69) is 12.1 Å². The number of benzene rings is 2. The lowest BCUT2D eigenvalue weighted by atomic mass is 9.87. The van der Waals surface area contributed by atoms with E-state index < -0.39 is 5.92 Å². The molecular weight excluding hydrogens is 270 g/mol. The fourth-order valence-electron chi connectivity index (χ4n) is 2.06. The van der Waals surface area contributed by atoms with Crippen LogP contribution in [0.15, 0.2) is 42.5 Å². The first-order chi connectivity index (χ1) is 9.72. The van der Waals surface area contributed by atoms with Gasteiger partial charge in [-0.1, -0.05) is 41.9 Å². The van der Waals surface area contributed by atoms with E-state index in [1.165, 1.54) is 0 Å². The third-order valence-electron chi connectivity index (χ3n) is 2.99. The van der Waals surface area contributed by atoms with Crippen molar-refractivity contribution in [3.8, 4) is 18.2 Å². The van der Waals surface area contributed by atoms with Gasteiger partial charge in [0.1, 0.15) is 6.07 Å². The first-order valence-electron chi connectivity index (χ1n) is 5.80. The van der Waals surface area contributed by atoms with E-state index in [1.807, 2.05) is 6.07 Å². The molecule has 0 N–H and O–H groups in total. The van der Waals surface area contributed by atoms with Crippen molar-refractivity contribution < 1.29 is 0 Å². The number of rotatable bonds is 2. The number of hydrogen-bond acceptors (Lipinski definition) is 3. The van der Waals surface area contributed by atoms with Crippen molar-refractivity contribution in [3.63, 3.8) is 0 Å². The quantitative estimate of drug-likeness (QED) is 0.839. The zero-order chi connectivity index (χ0) is 14.5. The SMILES string of the molecule is N#Cc1ccccc1C(C#N)c1cccc(Cl)c1C#N. The maximum Gasteiger partial charge on any atom is 0.101 e. The van der Waals surface area contributed by atoms with Crippen molar-refractivity contribution in [2.75, 3.05) is 0 Å². The van der Waals surface area contributed by atoms with Crippen molar-refractivity contribution in [2.45, 2.75) is 5.92 Å². The van der Waals surface area contributed by atoms with Crippen LogP contribution < -0.4 is 0 Å². The van der Waals surface area contributed by atoms with E-state index >= 15 is 0 Å². The van der Waals surface area contributed by atoms with E-state index in [0.29, 0.717) is 21.7 Å². The molecule has 0 bridgehead atoms. The van der Waals surface area contributed by atoms with Crippen LogP contribution in [0.2, 0.25) is 5.02 Å². The summed E-state index contributed by atoms with van der Waals surface area (Å²) in [6, 6.07) is 18.1. The summed E-state index contributed by atoms with van der Waals surface area (Å²) in [5.74, 6) is -0.695. The molecule has 0 amide bonds. The van der Waals surface area contributed by atoms with Gasteiger partial charge in [-0.2, -0.15) is 15.8 Å². The Morgan fingerprint density at radius 3 is 2.20 bits per heavy atom. The minimum Gasteiger partial charge on any atom is -0.197 e. The normalized spacial score (nSPS) is 10.9. The number of nitriles is 3. The molecule has 3 nitrogen and oxygen atoms in total. The summed E-state index contributed by atoms with van der Waals surface area (Å²) in [4.78, 5) is 0. The Bertz CT molecular complexity index is 776. The minimum absolute atomic E-state index is 0.272. The molecule has 2 aromatic carbocycles. The molecule has 4 heteroatoms. The molecule has 0 fully saturated rings. The van der Waals surface area contributed by atoms with Crippen molar-refractivity contribution >= 4 is 11.6 Å². The van der Waals surface area contributed by atoms with E-state index in [4.69, 9.17) is 16.9 Å². The maximum atomic E-state index is 9.45. The molecule has 0 radical (unpaired) electrons. The molecule has 2 rings (SSSR count). The second kappa shape index (κ2) is 5.89. The van der Waals surface area contributed by atoms with Gasteiger partial charge in [-0.15, -0.1) is 0 Å². The van der Waals surface area contributed by atoms with Gasteiger partial charge in [-0.05, 0) is 23.3 Å². The predicted molar refractivity (Wildman–Crippen MR) is 74.8 cm³/mol. The summed E-state index contributed by atoms with van der Waals surface area (Å²) in [6.07, 6.45) is 0. The van der Waals surface area contributed by atoms with Crippen LogP contribution in [0.25, 0.3) is 0 Å². The summed E-state index contributed by atoms with van der Waals surface area (Å²) in [7, 11) is 0. The number of halogens is 1. The fourth-order valence-corrected chi connectivity index (χ4v) is 2.28. The Labute approximate surface area is 121 Å². The largest absolute Gasteiger partial charge is 0.197 e. The highest BCUT2D eigenvalue weighted by Gasteiger charge is 2.21. The zero-order valence-corrected chi connectivity index (χ0v) is 11.1. The van der Waals surface area contributed by atoms with E-state index in [0.717, 1.165) is 0 Å². The van der Waals surface area contributed by atoms with Crippen molar-refractivity contribution in [2.24, 2.45) is 0 Å². The van der Waals surface area contributed by atoms with Crippen LogP contribution in [-0.4, -0.2) is 0 Å². The third-order valence-corrected chi connectivity index (χ3v) is 3.30. The molecule has 0 aliphatic carbocycles. The Morgan fingerprint density at radius 2 is 1.55 bits per heavy atom. The minimum atomic E-state index is -0.695. The van der Waals surface area contributed by atoms with Gasteiger partial charge in [0.15, 0.2) is 0 Å². The highest BCUT2D eigenvalue weighted by molar-refractivity contribution is 6.31. The third kappa shape index (κ3) is 2.34. The van der Waals surface area contributed by atoms with Crippen LogP contribution >= 0.6 is 11.6 Å². The lowest BCUT2D eigenvalue weighted by Gasteiger charge is -2.13. The van der Waals surface area contributed by atoms with E-state index in [9.17, 15) is 10.5 Å². The van der Waals surface area contributed by atoms with Crippen LogP contribution in [0.1, 0.15) is 28.2 Å². The van der Waals surface area contributed by atoms with Crippen LogP contribution in [-0.2, 0) is 0 Å². The van der Waals surface area contributed by atoms with Gasteiger partial charge in [0.2, 0.25) is 0 Å². The van der Waals surface area contributed by atoms with Gasteiger partial charge < -0.3 is 0 Å². The van der Waals surface area contributed by atoms with Gasteiger partial charge >= 0.3 is 0 Å². The molecule has 1 atom stereocenters. The second-order valence-corrected chi connectivity index (χ2v) is 4.48. The highest BCUT2D eigenvalue weighted by Crippen LogP contribution is 2.31. The van der Waals surface area contributed by atoms with Crippen molar-refractivity contribution in [3.05, 3.63) is 69.7 Å². The van der Waals surface area contributed by atoms with Gasteiger partial charge in [-0.25, -0.2) is 0 Å². The van der Waals surface area contributed by atoms with E-state index in [-0.39, 0.29) is 5.56 Å². The van der Waals surface area contributed by atoms with Crippen molar-refractivity contribution in [1.82, 2.24) is 0 Å². The zero-order valence-electron chi connectivity index (χ0n) is 10.3. The summed E-state index contributed by atoms with van der Waals surface area (Å²) >= 11 is 5.99. The molecular formula is C16H8ClN3. The molecule has 0 spiro atoms. The summed E-state index contributed by atoms with van der Waals surface area (Å²) in [6.45, 7) is 0. The molecule has 0 aliphatic heterocycles. The first kappa shape index (κ1) is 13.6. The lowest BCUT2D eigenvalue weighted by molar-refractivity contribution is 1.02. The average Bonchev–Trinajstić information content (AvgIpc) is 2.49. The van der Waals surface area contributed by atoms with Crippen LogP contribution in [0.4, 0.5) is 0 Å². The summed E-state index contributed by atoms with van der Waals surface area (Å²) in [5.41, 5.74) is 1.79. The molecule has 0 aliphatic rings. The molecule has 94 valence electrons. The molecule has 1 unspecified atom stereocenters. The van der Waals surface area contributed by atoms with E-state index in [1.54, 1.807) is 42.5 Å². The monoisotopic (exact) mass is 277 g/mol. The fraction of sp³-hybridized carbons (Fsp3) is 0.0625. The summed E-state index contributed by atoms with van der Waals surface area (Å²) in [5, 5.41) is 28.1. The van der Waals surface area contributed by atoms with Gasteiger partial charge in [0.25, 0.3) is 0 Å². The Balaban J connectivity index is 2.67. The van der Waals surface area contributed by atoms with Crippen LogP contribution in [0.5, 0.6) is 0 Å². The highest BCUT2D eigenvalue weighted by atomic mass is 35.5. The van der Waals surface area contributed by atoms with Crippen molar-refractivity contribution in [1.29, 1.82) is 15.8 Å². The van der Waals surface area contributed by atoms with Gasteiger partial charge in [-0.3, -0.25) is 0 Å². The maximum absolute atomic E-state index is 9.45. The molecule has 0 aromatic heterocycles.